The van der Waals surface area contributed by atoms with Crippen molar-refractivity contribution in [3.63, 3.8) is 0 Å². The Bertz CT molecular complexity index is 642. The first-order valence-corrected chi connectivity index (χ1v) is 7.76. The molecule has 2 rings (SSSR count). The predicted molar refractivity (Wildman–Crippen MR) is 91.9 cm³/mol. The molecule has 0 aliphatic carbocycles. The van der Waals surface area contributed by atoms with E-state index < -0.39 is 0 Å². The third-order valence-electron chi connectivity index (χ3n) is 3.15. The van der Waals surface area contributed by atoms with Crippen molar-refractivity contribution >= 4 is 29.1 Å². The van der Waals surface area contributed by atoms with Crippen LogP contribution in [0.25, 0.3) is 0 Å². The van der Waals surface area contributed by atoms with Gasteiger partial charge in [-0.2, -0.15) is 0 Å². The summed E-state index contributed by atoms with van der Waals surface area (Å²) in [5.74, 6) is -0.0609. The van der Waals surface area contributed by atoms with Crippen LogP contribution in [0.5, 0.6) is 0 Å². The van der Waals surface area contributed by atoms with Gasteiger partial charge in [0.2, 0.25) is 5.91 Å². The van der Waals surface area contributed by atoms with Gasteiger partial charge in [0.1, 0.15) is 0 Å². The van der Waals surface area contributed by atoms with Crippen molar-refractivity contribution in [3.8, 4) is 0 Å². The maximum Gasteiger partial charge on any atom is 0.224 e. The van der Waals surface area contributed by atoms with Gasteiger partial charge in [-0.25, -0.2) is 0 Å². The fourth-order valence-electron chi connectivity index (χ4n) is 2.13. The smallest absolute Gasteiger partial charge is 0.224 e. The second kappa shape index (κ2) is 8.21. The topological polar surface area (TPSA) is 29.1 Å². The number of benzene rings is 2. The molecule has 2 nitrogen and oxygen atoms in total. The highest BCUT2D eigenvalue weighted by molar-refractivity contribution is 6.30. The zero-order valence-electron chi connectivity index (χ0n) is 12.1. The van der Waals surface area contributed by atoms with Crippen molar-refractivity contribution in [2.75, 3.05) is 0 Å². The number of hydrogen-bond acceptors (Lipinski definition) is 1. The molecule has 22 heavy (non-hydrogen) atoms. The zero-order chi connectivity index (χ0) is 15.9. The molecule has 2 aromatic rings. The van der Waals surface area contributed by atoms with E-state index in [0.717, 1.165) is 11.1 Å². The average Bonchev–Trinajstić information content (AvgIpc) is 2.46. The van der Waals surface area contributed by atoms with Crippen molar-refractivity contribution < 1.29 is 4.79 Å². The van der Waals surface area contributed by atoms with Crippen LogP contribution in [0.3, 0.4) is 0 Å². The van der Waals surface area contributed by atoms with Crippen LogP contribution in [-0.2, 0) is 11.2 Å². The van der Waals surface area contributed by atoms with Gasteiger partial charge in [0.05, 0.1) is 6.42 Å². The highest BCUT2D eigenvalue weighted by atomic mass is 35.5. The molecule has 0 fully saturated rings. The second-order valence-electron chi connectivity index (χ2n) is 4.99. The van der Waals surface area contributed by atoms with E-state index in [2.05, 4.69) is 12.2 Å². The van der Waals surface area contributed by atoms with Crippen molar-refractivity contribution in [1.82, 2.24) is 5.32 Å². The molecule has 2 aromatic carbocycles. The first-order valence-electron chi connectivity index (χ1n) is 7.00. The largest absolute Gasteiger partial charge is 0.352 e. The Morgan fingerprint density at radius 2 is 1.82 bits per heavy atom. The van der Waals surface area contributed by atoms with E-state index >= 15 is 0 Å². The van der Waals surface area contributed by atoms with Gasteiger partial charge in [-0.1, -0.05) is 54.4 Å². The van der Waals surface area contributed by atoms with Crippen molar-refractivity contribution in [3.05, 3.63) is 83.0 Å². The van der Waals surface area contributed by atoms with Gasteiger partial charge in [0.15, 0.2) is 0 Å². The Morgan fingerprint density at radius 1 is 1.14 bits per heavy atom. The van der Waals surface area contributed by atoms with Crippen molar-refractivity contribution in [2.24, 2.45) is 0 Å². The third kappa shape index (κ3) is 5.36. The van der Waals surface area contributed by atoms with Gasteiger partial charge in [-0.05, 0) is 41.8 Å². The lowest BCUT2D eigenvalue weighted by Gasteiger charge is -2.17. The van der Waals surface area contributed by atoms with Crippen LogP contribution < -0.4 is 5.32 Å². The van der Waals surface area contributed by atoms with E-state index in [1.807, 2.05) is 42.8 Å². The fourth-order valence-corrected chi connectivity index (χ4v) is 2.54. The summed E-state index contributed by atoms with van der Waals surface area (Å²) in [6.07, 6.45) is 2.81. The predicted octanol–water partition coefficient (Wildman–Crippen LogP) is 4.50. The number of rotatable bonds is 6. The van der Waals surface area contributed by atoms with E-state index in [4.69, 9.17) is 23.2 Å². The molecule has 0 heterocycles. The van der Waals surface area contributed by atoms with Crippen LogP contribution in [-0.4, -0.2) is 11.9 Å². The van der Waals surface area contributed by atoms with Crippen molar-refractivity contribution in [1.29, 1.82) is 0 Å². The Morgan fingerprint density at radius 3 is 2.45 bits per heavy atom. The molecule has 0 spiro atoms. The molecule has 0 saturated carbocycles. The van der Waals surface area contributed by atoms with E-state index in [9.17, 15) is 4.79 Å². The van der Waals surface area contributed by atoms with Gasteiger partial charge in [-0.15, -0.1) is 0 Å². The summed E-state index contributed by atoms with van der Waals surface area (Å²) >= 11 is 11.9. The number of hydrogen-bond donors (Lipinski definition) is 1. The molecule has 1 atom stereocenters. The number of halogens is 2. The molecule has 2 radical (unpaired) electrons. The SMILES string of the molecule is [CH2]C[C@H]([CH]c1cccc(Cl)c1)NC(=O)Cc1cccc(Cl)c1. The number of amides is 1. The molecule has 0 aliphatic rings. The first kappa shape index (κ1) is 16.9. The van der Waals surface area contributed by atoms with E-state index in [0.29, 0.717) is 22.9 Å². The standard InChI is InChI=1S/C18H17Cl2NO/c1-2-17(11-13-5-3-7-15(19)9-13)21-18(22)12-14-6-4-8-16(20)10-14/h3-11,17H,1-2,12H2,(H,21,22)/t17-/m1/s1. The summed E-state index contributed by atoms with van der Waals surface area (Å²) in [7, 11) is 0. The maximum atomic E-state index is 12.1. The van der Waals surface area contributed by atoms with Crippen LogP contribution >= 0.6 is 23.2 Å². The summed E-state index contributed by atoms with van der Waals surface area (Å²) in [4.78, 5) is 12.1. The van der Waals surface area contributed by atoms with Gasteiger partial charge >= 0.3 is 0 Å². The van der Waals surface area contributed by atoms with E-state index in [1.165, 1.54) is 0 Å². The van der Waals surface area contributed by atoms with E-state index in [1.54, 1.807) is 12.1 Å². The van der Waals surface area contributed by atoms with Crippen molar-refractivity contribution in [2.45, 2.75) is 18.9 Å². The van der Waals surface area contributed by atoms with Crippen LogP contribution in [0.4, 0.5) is 0 Å². The van der Waals surface area contributed by atoms with Crippen LogP contribution in [0.1, 0.15) is 17.5 Å². The minimum atomic E-state index is -0.134. The Kier molecular flexibility index (Phi) is 6.29. The molecular weight excluding hydrogens is 317 g/mol. The molecule has 114 valence electrons. The van der Waals surface area contributed by atoms with Crippen LogP contribution in [0.15, 0.2) is 48.5 Å². The number of carbonyl (C=O) groups is 1. The summed E-state index contributed by atoms with van der Waals surface area (Å²) in [6.45, 7) is 3.88. The zero-order valence-corrected chi connectivity index (χ0v) is 13.6. The molecule has 0 unspecified atom stereocenters. The minimum absolute atomic E-state index is 0.0609. The van der Waals surface area contributed by atoms with E-state index in [-0.39, 0.29) is 11.9 Å². The molecular formula is C18H17Cl2NO. The lowest BCUT2D eigenvalue weighted by molar-refractivity contribution is -0.120. The monoisotopic (exact) mass is 333 g/mol. The summed E-state index contributed by atoms with van der Waals surface area (Å²) < 4.78 is 0. The summed E-state index contributed by atoms with van der Waals surface area (Å²) in [5, 5.41) is 4.26. The fraction of sp³-hybridized carbons (Fsp3) is 0.167. The van der Waals surface area contributed by atoms with Gasteiger partial charge in [0, 0.05) is 22.5 Å². The molecule has 0 aromatic heterocycles. The molecule has 4 heteroatoms. The quantitative estimate of drug-likeness (QED) is 0.828. The number of carbonyl (C=O) groups excluding carboxylic acids is 1. The normalized spacial score (nSPS) is 12.0. The third-order valence-corrected chi connectivity index (χ3v) is 3.62. The van der Waals surface area contributed by atoms with Gasteiger partial charge in [-0.3, -0.25) is 4.79 Å². The first-order chi connectivity index (χ1) is 10.6. The molecule has 1 N–H and O–H groups in total. The molecule has 0 aliphatic heterocycles. The minimum Gasteiger partial charge on any atom is -0.352 e. The summed E-state index contributed by atoms with van der Waals surface area (Å²) in [6, 6.07) is 14.6. The molecule has 1 amide bonds. The van der Waals surface area contributed by atoms with Crippen LogP contribution in [0, 0.1) is 13.3 Å². The Hall–Kier alpha value is -1.51. The van der Waals surface area contributed by atoms with Gasteiger partial charge in [0.25, 0.3) is 0 Å². The lowest BCUT2D eigenvalue weighted by atomic mass is 10.0. The molecule has 0 bridgehead atoms. The summed E-state index contributed by atoms with van der Waals surface area (Å²) in [5.41, 5.74) is 1.85. The number of nitrogens with one attached hydrogen (secondary N) is 1. The van der Waals surface area contributed by atoms with Gasteiger partial charge < -0.3 is 5.32 Å². The lowest BCUT2D eigenvalue weighted by Crippen LogP contribution is -2.36. The second-order valence-corrected chi connectivity index (χ2v) is 5.86. The Balaban J connectivity index is 1.93. The van der Waals surface area contributed by atoms with Crippen LogP contribution in [0.2, 0.25) is 10.0 Å². The maximum absolute atomic E-state index is 12.1. The highest BCUT2D eigenvalue weighted by Crippen LogP contribution is 2.15. The average molecular weight is 334 g/mol. The highest BCUT2D eigenvalue weighted by Gasteiger charge is 2.12. The molecule has 0 saturated heterocycles. The Labute approximate surface area is 141 Å².